The van der Waals surface area contributed by atoms with Gasteiger partial charge in [-0.25, -0.2) is 4.79 Å². The fraction of sp³-hybridized carbons (Fsp3) is 0.308. The van der Waals surface area contributed by atoms with E-state index < -0.39 is 24.1 Å². The van der Waals surface area contributed by atoms with Gasteiger partial charge in [-0.15, -0.1) is 0 Å². The van der Waals surface area contributed by atoms with Crippen molar-refractivity contribution in [3.8, 4) is 0 Å². The third kappa shape index (κ3) is 4.90. The number of ketones is 1. The molecule has 21 heavy (non-hydrogen) atoms. The molecule has 0 bridgehead atoms. The van der Waals surface area contributed by atoms with E-state index in [4.69, 9.17) is 5.11 Å². The molecule has 1 atom stereocenters. The molecule has 1 rings (SSSR count). The van der Waals surface area contributed by atoms with Crippen LogP contribution < -0.4 is 5.32 Å². The molecule has 1 aromatic carbocycles. The van der Waals surface area contributed by atoms with E-state index in [-0.39, 0.29) is 12.2 Å². The zero-order valence-corrected chi connectivity index (χ0v) is 10.9. The van der Waals surface area contributed by atoms with Crippen LogP contribution in [0.1, 0.15) is 22.8 Å². The molecular weight excluding hydrogens is 291 g/mol. The van der Waals surface area contributed by atoms with Gasteiger partial charge in [-0.3, -0.25) is 9.59 Å². The second-order valence-corrected chi connectivity index (χ2v) is 4.32. The van der Waals surface area contributed by atoms with Gasteiger partial charge in [-0.1, -0.05) is 18.2 Å². The molecule has 8 heteroatoms. The van der Waals surface area contributed by atoms with Gasteiger partial charge in [0.2, 0.25) is 0 Å². The lowest BCUT2D eigenvalue weighted by Crippen LogP contribution is -2.47. The van der Waals surface area contributed by atoms with Crippen LogP contribution in [0.3, 0.4) is 0 Å². The monoisotopic (exact) mass is 303 g/mol. The number of carboxylic acids is 1. The van der Waals surface area contributed by atoms with Crippen LogP contribution >= 0.6 is 0 Å². The third-order valence-corrected chi connectivity index (χ3v) is 2.63. The zero-order valence-electron chi connectivity index (χ0n) is 10.9. The number of amides is 1. The first kappa shape index (κ1) is 16.7. The van der Waals surface area contributed by atoms with E-state index in [1.54, 1.807) is 0 Å². The molecule has 0 aliphatic rings. The lowest BCUT2D eigenvalue weighted by molar-refractivity contribution is -0.175. The minimum atomic E-state index is -5.16. The number of aliphatic carboxylic acids is 1. The summed E-state index contributed by atoms with van der Waals surface area (Å²) in [4.78, 5) is 32.9. The first-order valence-corrected chi connectivity index (χ1v) is 5.81. The molecule has 0 aromatic heterocycles. The average molecular weight is 303 g/mol. The Bertz CT molecular complexity index is 569. The molecule has 0 saturated carbocycles. The number of nitrogens with one attached hydrogen (secondary N) is 1. The van der Waals surface area contributed by atoms with E-state index in [0.29, 0.717) is 11.1 Å². The van der Waals surface area contributed by atoms with E-state index in [0.717, 1.165) is 0 Å². The Hall–Kier alpha value is -2.38. The standard InChI is InChI=1S/C13H12F3NO4/c1-7(18)9-4-2-3-8(5-9)6-10(11(19)20)17-12(21)13(14,15)16/h2-5,10H,6H2,1H3,(H,17,21)(H,19,20)/t10-/m0/s1. The molecule has 1 aromatic rings. The summed E-state index contributed by atoms with van der Waals surface area (Å²) in [6.07, 6.45) is -5.52. The van der Waals surface area contributed by atoms with Crippen molar-refractivity contribution in [2.24, 2.45) is 0 Å². The number of carboxylic acid groups (broad SMARTS) is 1. The van der Waals surface area contributed by atoms with Crippen LogP contribution in [0.25, 0.3) is 0 Å². The van der Waals surface area contributed by atoms with Crippen LogP contribution in [0, 0.1) is 0 Å². The van der Waals surface area contributed by atoms with Crippen LogP contribution in [0.15, 0.2) is 24.3 Å². The van der Waals surface area contributed by atoms with Crippen LogP contribution in [-0.2, 0) is 16.0 Å². The van der Waals surface area contributed by atoms with Gasteiger partial charge in [0.15, 0.2) is 5.78 Å². The smallest absolute Gasteiger partial charge is 0.471 e. The van der Waals surface area contributed by atoms with E-state index in [9.17, 15) is 27.6 Å². The number of alkyl halides is 3. The lowest BCUT2D eigenvalue weighted by Gasteiger charge is -2.16. The molecule has 1 amide bonds. The maximum atomic E-state index is 12.1. The Kier molecular flexibility index (Phi) is 5.07. The molecule has 0 radical (unpaired) electrons. The largest absolute Gasteiger partial charge is 0.480 e. The molecule has 0 fully saturated rings. The molecule has 0 heterocycles. The Morgan fingerprint density at radius 1 is 1.29 bits per heavy atom. The Morgan fingerprint density at radius 2 is 1.90 bits per heavy atom. The van der Waals surface area contributed by atoms with Crippen molar-refractivity contribution in [3.05, 3.63) is 35.4 Å². The SMILES string of the molecule is CC(=O)c1cccc(C[C@H](NC(=O)C(F)(F)F)C(=O)O)c1. The van der Waals surface area contributed by atoms with Crippen LogP contribution in [0.2, 0.25) is 0 Å². The molecule has 114 valence electrons. The van der Waals surface area contributed by atoms with Gasteiger partial charge in [0.05, 0.1) is 0 Å². The number of carbonyl (C=O) groups is 3. The van der Waals surface area contributed by atoms with Gasteiger partial charge in [-0.2, -0.15) is 13.2 Å². The highest BCUT2D eigenvalue weighted by atomic mass is 19.4. The molecule has 0 spiro atoms. The average Bonchev–Trinajstić information content (AvgIpc) is 2.36. The minimum Gasteiger partial charge on any atom is -0.480 e. The number of rotatable bonds is 5. The summed E-state index contributed by atoms with van der Waals surface area (Å²) in [5, 5.41) is 10.3. The summed E-state index contributed by atoms with van der Waals surface area (Å²) in [6.45, 7) is 1.30. The normalized spacial score (nSPS) is 12.6. The first-order valence-electron chi connectivity index (χ1n) is 5.81. The Balaban J connectivity index is 2.89. The highest BCUT2D eigenvalue weighted by molar-refractivity contribution is 5.94. The predicted molar refractivity (Wildman–Crippen MR) is 65.8 cm³/mol. The van der Waals surface area contributed by atoms with Crippen molar-refractivity contribution in [2.75, 3.05) is 0 Å². The van der Waals surface area contributed by atoms with Gasteiger partial charge in [0.1, 0.15) is 6.04 Å². The van der Waals surface area contributed by atoms with Gasteiger partial charge < -0.3 is 10.4 Å². The molecule has 5 nitrogen and oxygen atoms in total. The number of hydrogen-bond acceptors (Lipinski definition) is 3. The topological polar surface area (TPSA) is 83.5 Å². The lowest BCUT2D eigenvalue weighted by atomic mass is 10.0. The summed E-state index contributed by atoms with van der Waals surface area (Å²) in [7, 11) is 0. The molecule has 0 aliphatic heterocycles. The second-order valence-electron chi connectivity index (χ2n) is 4.32. The van der Waals surface area contributed by atoms with Crippen molar-refractivity contribution >= 4 is 17.7 Å². The molecular formula is C13H12F3NO4. The van der Waals surface area contributed by atoms with Gasteiger partial charge >= 0.3 is 18.1 Å². The van der Waals surface area contributed by atoms with Crippen LogP contribution in [-0.4, -0.2) is 35.0 Å². The summed E-state index contributed by atoms with van der Waals surface area (Å²) in [6, 6.07) is 4.08. The maximum absolute atomic E-state index is 12.1. The summed E-state index contributed by atoms with van der Waals surface area (Å²) in [5.41, 5.74) is 0.636. The highest BCUT2D eigenvalue weighted by Gasteiger charge is 2.40. The molecule has 0 saturated heterocycles. The van der Waals surface area contributed by atoms with Crippen molar-refractivity contribution in [3.63, 3.8) is 0 Å². The third-order valence-electron chi connectivity index (χ3n) is 2.63. The van der Waals surface area contributed by atoms with Crippen molar-refractivity contribution in [1.29, 1.82) is 0 Å². The summed E-state index contributed by atoms with van der Waals surface area (Å²) >= 11 is 0. The zero-order chi connectivity index (χ0) is 16.2. The first-order chi connectivity index (χ1) is 9.61. The van der Waals surface area contributed by atoms with E-state index in [1.807, 2.05) is 0 Å². The fourth-order valence-corrected chi connectivity index (χ4v) is 1.59. The van der Waals surface area contributed by atoms with E-state index >= 15 is 0 Å². The van der Waals surface area contributed by atoms with Gasteiger partial charge in [0, 0.05) is 12.0 Å². The van der Waals surface area contributed by atoms with E-state index in [2.05, 4.69) is 0 Å². The number of Topliss-reactive ketones (excluding diaryl/α,β-unsaturated/α-hetero) is 1. The molecule has 0 unspecified atom stereocenters. The van der Waals surface area contributed by atoms with Crippen molar-refractivity contribution < 1.29 is 32.7 Å². The second kappa shape index (κ2) is 6.38. The van der Waals surface area contributed by atoms with Crippen LogP contribution in [0.5, 0.6) is 0 Å². The minimum absolute atomic E-state index is 0.261. The molecule has 2 N–H and O–H groups in total. The number of carbonyl (C=O) groups excluding carboxylic acids is 2. The predicted octanol–water partition coefficient (Wildman–Crippen LogP) is 1.56. The van der Waals surface area contributed by atoms with Crippen molar-refractivity contribution in [1.82, 2.24) is 5.32 Å². The fourth-order valence-electron chi connectivity index (χ4n) is 1.59. The van der Waals surface area contributed by atoms with Crippen molar-refractivity contribution in [2.45, 2.75) is 25.6 Å². The number of halogens is 3. The summed E-state index contributed by atoms with van der Waals surface area (Å²) in [5.74, 6) is -4.18. The quantitative estimate of drug-likeness (QED) is 0.809. The maximum Gasteiger partial charge on any atom is 0.471 e. The Labute approximate surface area is 117 Å². The van der Waals surface area contributed by atoms with E-state index in [1.165, 1.54) is 36.5 Å². The number of benzene rings is 1. The van der Waals surface area contributed by atoms with Crippen LogP contribution in [0.4, 0.5) is 13.2 Å². The molecule has 0 aliphatic carbocycles. The number of hydrogen-bond donors (Lipinski definition) is 2. The Morgan fingerprint density at radius 3 is 2.38 bits per heavy atom. The highest BCUT2D eigenvalue weighted by Crippen LogP contribution is 2.15. The summed E-state index contributed by atoms with van der Waals surface area (Å²) < 4.78 is 36.4. The van der Waals surface area contributed by atoms with Gasteiger partial charge in [-0.05, 0) is 18.6 Å². The van der Waals surface area contributed by atoms with Gasteiger partial charge in [0.25, 0.3) is 0 Å².